The molecule has 0 aliphatic heterocycles. The summed E-state index contributed by atoms with van der Waals surface area (Å²) in [6.45, 7) is 1.86. The highest BCUT2D eigenvalue weighted by molar-refractivity contribution is 8.13. The average Bonchev–Trinajstić information content (AvgIpc) is 2.17. The molecule has 0 aliphatic rings. The Morgan fingerprint density at radius 2 is 2.12 bits per heavy atom. The Balaban J connectivity index is 2.41. The van der Waals surface area contributed by atoms with Crippen LogP contribution in [-0.2, 0) is 9.05 Å². The number of benzene rings is 1. The minimum atomic E-state index is -3.46. The van der Waals surface area contributed by atoms with E-state index in [4.69, 9.17) is 15.4 Å². The van der Waals surface area contributed by atoms with Crippen LogP contribution in [0, 0.1) is 12.7 Å². The molecule has 0 saturated carbocycles. The van der Waals surface area contributed by atoms with Gasteiger partial charge in [0.25, 0.3) is 0 Å². The maximum absolute atomic E-state index is 12.9. The van der Waals surface area contributed by atoms with Gasteiger partial charge in [0.1, 0.15) is 11.6 Å². The minimum absolute atomic E-state index is 0.130. The summed E-state index contributed by atoms with van der Waals surface area (Å²) in [5, 5.41) is 0. The van der Waals surface area contributed by atoms with Crippen molar-refractivity contribution >= 4 is 19.7 Å². The monoisotopic (exact) mass is 266 g/mol. The molecule has 0 heterocycles. The Hall–Kier alpha value is -0.810. The van der Waals surface area contributed by atoms with Crippen LogP contribution in [0.2, 0.25) is 0 Å². The van der Waals surface area contributed by atoms with Gasteiger partial charge >= 0.3 is 0 Å². The van der Waals surface area contributed by atoms with Crippen molar-refractivity contribution in [3.63, 3.8) is 0 Å². The van der Waals surface area contributed by atoms with Crippen molar-refractivity contribution in [2.45, 2.75) is 13.3 Å². The largest absolute Gasteiger partial charge is 0.494 e. The molecule has 0 atom stereocenters. The summed E-state index contributed by atoms with van der Waals surface area (Å²) in [6.07, 6.45) is 0.308. The molecule has 1 aromatic rings. The highest BCUT2D eigenvalue weighted by Gasteiger charge is 2.05. The second-order valence-corrected chi connectivity index (χ2v) is 6.25. The predicted octanol–water partition coefficient (Wildman–Crippen LogP) is 2.47. The van der Waals surface area contributed by atoms with Crippen molar-refractivity contribution in [3.05, 3.63) is 29.6 Å². The first-order valence-electron chi connectivity index (χ1n) is 4.70. The van der Waals surface area contributed by atoms with E-state index < -0.39 is 9.05 Å². The smallest absolute Gasteiger partial charge is 0.232 e. The second-order valence-electron chi connectivity index (χ2n) is 3.36. The van der Waals surface area contributed by atoms with Gasteiger partial charge in [-0.3, -0.25) is 0 Å². The zero-order valence-electron chi connectivity index (χ0n) is 8.74. The zero-order chi connectivity index (χ0) is 12.2. The third-order valence-corrected chi connectivity index (χ3v) is 3.17. The molecule has 0 aliphatic carbocycles. The number of ether oxygens (including phenoxy) is 1. The Kier molecular flexibility index (Phi) is 4.56. The van der Waals surface area contributed by atoms with E-state index in [2.05, 4.69) is 0 Å². The van der Waals surface area contributed by atoms with Gasteiger partial charge in [-0.2, -0.15) is 0 Å². The summed E-state index contributed by atoms with van der Waals surface area (Å²) in [4.78, 5) is 0. The maximum atomic E-state index is 12.9. The van der Waals surface area contributed by atoms with Crippen LogP contribution in [0.4, 0.5) is 4.39 Å². The van der Waals surface area contributed by atoms with Crippen molar-refractivity contribution in [3.8, 4) is 5.75 Å². The number of hydrogen-bond donors (Lipinski definition) is 0. The lowest BCUT2D eigenvalue weighted by Crippen LogP contribution is -2.05. The van der Waals surface area contributed by atoms with Gasteiger partial charge in [-0.05, 0) is 37.1 Å². The molecule has 16 heavy (non-hydrogen) atoms. The SMILES string of the molecule is Cc1cc(OCCCS(=O)(=O)Cl)ccc1F. The Labute approximate surface area is 98.6 Å². The van der Waals surface area contributed by atoms with Crippen molar-refractivity contribution < 1.29 is 17.5 Å². The van der Waals surface area contributed by atoms with E-state index >= 15 is 0 Å². The molecule has 0 N–H and O–H groups in total. The Bertz CT molecular complexity index is 459. The molecule has 0 spiro atoms. The molecule has 0 fully saturated rings. The first kappa shape index (κ1) is 13.3. The van der Waals surface area contributed by atoms with Crippen LogP contribution in [-0.4, -0.2) is 20.8 Å². The molecule has 6 heteroatoms. The molecule has 0 unspecified atom stereocenters. The van der Waals surface area contributed by atoms with E-state index in [0.717, 1.165) is 0 Å². The van der Waals surface area contributed by atoms with E-state index in [1.807, 2.05) is 0 Å². The van der Waals surface area contributed by atoms with Gasteiger partial charge in [0.05, 0.1) is 12.4 Å². The van der Waals surface area contributed by atoms with E-state index in [1.54, 1.807) is 13.0 Å². The third-order valence-electron chi connectivity index (χ3n) is 1.93. The van der Waals surface area contributed by atoms with E-state index in [0.29, 0.717) is 17.7 Å². The van der Waals surface area contributed by atoms with Crippen molar-refractivity contribution in [1.82, 2.24) is 0 Å². The van der Waals surface area contributed by atoms with Gasteiger partial charge in [-0.25, -0.2) is 12.8 Å². The summed E-state index contributed by atoms with van der Waals surface area (Å²) in [5.41, 5.74) is 0.488. The van der Waals surface area contributed by atoms with Crippen LogP contribution >= 0.6 is 10.7 Å². The third kappa shape index (κ3) is 4.81. The number of aryl methyl sites for hydroxylation is 1. The number of hydrogen-bond acceptors (Lipinski definition) is 3. The maximum Gasteiger partial charge on any atom is 0.232 e. The van der Waals surface area contributed by atoms with Crippen LogP contribution < -0.4 is 4.74 Å². The van der Waals surface area contributed by atoms with E-state index in [-0.39, 0.29) is 18.2 Å². The summed E-state index contributed by atoms with van der Waals surface area (Å²) >= 11 is 0. The van der Waals surface area contributed by atoms with Crippen LogP contribution in [0.1, 0.15) is 12.0 Å². The van der Waals surface area contributed by atoms with Gasteiger partial charge in [0.15, 0.2) is 0 Å². The van der Waals surface area contributed by atoms with E-state index in [9.17, 15) is 12.8 Å². The lowest BCUT2D eigenvalue weighted by molar-refractivity contribution is 0.317. The van der Waals surface area contributed by atoms with Crippen molar-refractivity contribution in [1.29, 1.82) is 0 Å². The Morgan fingerprint density at radius 1 is 1.44 bits per heavy atom. The lowest BCUT2D eigenvalue weighted by atomic mass is 10.2. The Morgan fingerprint density at radius 3 is 2.69 bits per heavy atom. The summed E-state index contributed by atoms with van der Waals surface area (Å²) < 4.78 is 39.3. The first-order valence-corrected chi connectivity index (χ1v) is 7.17. The molecule has 0 aromatic heterocycles. The highest BCUT2D eigenvalue weighted by Crippen LogP contribution is 2.16. The quantitative estimate of drug-likeness (QED) is 0.607. The minimum Gasteiger partial charge on any atom is -0.494 e. The molecule has 1 aromatic carbocycles. The normalized spacial score (nSPS) is 11.4. The second kappa shape index (κ2) is 5.50. The topological polar surface area (TPSA) is 43.4 Å². The fourth-order valence-electron chi connectivity index (χ4n) is 1.13. The van der Waals surface area contributed by atoms with E-state index in [1.165, 1.54) is 12.1 Å². The van der Waals surface area contributed by atoms with Crippen LogP contribution in [0.5, 0.6) is 5.75 Å². The summed E-state index contributed by atoms with van der Waals surface area (Å²) in [7, 11) is 1.57. The van der Waals surface area contributed by atoms with Crippen molar-refractivity contribution in [2.75, 3.05) is 12.4 Å². The van der Waals surface area contributed by atoms with Gasteiger partial charge in [-0.15, -0.1) is 0 Å². The molecule has 0 bridgehead atoms. The molecular weight excluding hydrogens is 255 g/mol. The molecule has 0 amide bonds. The fourth-order valence-corrected chi connectivity index (χ4v) is 1.92. The van der Waals surface area contributed by atoms with Gasteiger partial charge < -0.3 is 4.74 Å². The molecule has 0 saturated heterocycles. The average molecular weight is 267 g/mol. The molecule has 0 radical (unpaired) electrons. The van der Waals surface area contributed by atoms with Crippen LogP contribution in [0.15, 0.2) is 18.2 Å². The van der Waals surface area contributed by atoms with Gasteiger partial charge in [-0.1, -0.05) is 0 Å². The highest BCUT2D eigenvalue weighted by atomic mass is 35.7. The fraction of sp³-hybridized carbons (Fsp3) is 0.400. The molecule has 90 valence electrons. The molecule has 1 rings (SSSR count). The molecular formula is C10H12ClFO3S. The van der Waals surface area contributed by atoms with Crippen molar-refractivity contribution in [2.24, 2.45) is 0 Å². The van der Waals surface area contributed by atoms with Gasteiger partial charge in [0.2, 0.25) is 9.05 Å². The number of rotatable bonds is 5. The molecule has 3 nitrogen and oxygen atoms in total. The number of halogens is 2. The van der Waals surface area contributed by atoms with Crippen LogP contribution in [0.3, 0.4) is 0 Å². The zero-order valence-corrected chi connectivity index (χ0v) is 10.3. The first-order chi connectivity index (χ1) is 7.38. The summed E-state index contributed by atoms with van der Waals surface area (Å²) in [6, 6.07) is 4.37. The van der Waals surface area contributed by atoms with Gasteiger partial charge in [0, 0.05) is 10.7 Å². The predicted molar refractivity (Wildman–Crippen MR) is 60.9 cm³/mol. The van der Waals surface area contributed by atoms with Crippen LogP contribution in [0.25, 0.3) is 0 Å². The standard InChI is InChI=1S/C10H12ClFO3S/c1-8-7-9(3-4-10(8)12)15-5-2-6-16(11,13)14/h3-4,7H,2,5-6H2,1H3. The summed E-state index contributed by atoms with van der Waals surface area (Å²) in [5.74, 6) is 0.0934. The lowest BCUT2D eigenvalue weighted by Gasteiger charge is -2.06.